The SMILES string of the molecule is NC(=O)NN/C=C(\C=Nc1ccccc1)[NH+]([O-])O. The number of amides is 2. The molecule has 1 rings (SSSR count). The Balaban J connectivity index is 2.68. The molecule has 96 valence electrons. The zero-order chi connectivity index (χ0) is 13.4. The summed E-state index contributed by atoms with van der Waals surface area (Å²) in [6.07, 6.45) is 2.23. The fourth-order valence-electron chi connectivity index (χ4n) is 0.997. The van der Waals surface area contributed by atoms with Crippen LogP contribution in [0.5, 0.6) is 0 Å². The van der Waals surface area contributed by atoms with Crippen molar-refractivity contribution in [3.8, 4) is 0 Å². The first kappa shape index (κ1) is 13.6. The molecule has 2 amide bonds. The number of hydroxylamine groups is 2. The maximum atomic E-state index is 10.9. The molecule has 0 spiro atoms. The molecule has 0 aliphatic rings. The zero-order valence-electron chi connectivity index (χ0n) is 9.33. The molecule has 0 aliphatic heterocycles. The summed E-state index contributed by atoms with van der Waals surface area (Å²) in [5, 5.41) is 18.5. The molecule has 8 heteroatoms. The van der Waals surface area contributed by atoms with Crippen LogP contribution >= 0.6 is 0 Å². The van der Waals surface area contributed by atoms with Gasteiger partial charge in [-0.25, -0.2) is 10.0 Å². The van der Waals surface area contributed by atoms with Crippen LogP contribution in [0, 0.1) is 5.21 Å². The van der Waals surface area contributed by atoms with E-state index in [9.17, 15) is 10.0 Å². The van der Waals surface area contributed by atoms with E-state index in [1.54, 1.807) is 24.3 Å². The second kappa shape index (κ2) is 7.01. The standard InChI is InChI=1S/C10H13N5O3/c11-10(16)14-13-7-9(15(17)18)6-12-8-4-2-1-3-5-8/h1-7,13,15,17H,(H3,11,14,16)/b9-7+,12-6?. The van der Waals surface area contributed by atoms with Gasteiger partial charge in [-0.1, -0.05) is 18.2 Å². The maximum Gasteiger partial charge on any atom is 0.330 e. The van der Waals surface area contributed by atoms with Crippen LogP contribution in [0.3, 0.4) is 0 Å². The van der Waals surface area contributed by atoms with E-state index in [1.807, 2.05) is 11.5 Å². The molecule has 0 aliphatic carbocycles. The van der Waals surface area contributed by atoms with Gasteiger partial charge in [0.05, 0.1) is 18.1 Å². The maximum absolute atomic E-state index is 10.9. The lowest BCUT2D eigenvalue weighted by Crippen LogP contribution is -3.03. The summed E-state index contributed by atoms with van der Waals surface area (Å²) < 4.78 is 0. The molecule has 1 aromatic rings. The lowest BCUT2D eigenvalue weighted by atomic mass is 10.3. The van der Waals surface area contributed by atoms with Crippen LogP contribution in [0.4, 0.5) is 10.5 Å². The lowest BCUT2D eigenvalue weighted by molar-refractivity contribution is -1.01. The van der Waals surface area contributed by atoms with Gasteiger partial charge in [-0.05, 0) is 12.1 Å². The largest absolute Gasteiger partial charge is 0.595 e. The van der Waals surface area contributed by atoms with Crippen molar-refractivity contribution in [3.05, 3.63) is 47.4 Å². The molecule has 0 fully saturated rings. The normalized spacial score (nSPS) is 13.3. The van der Waals surface area contributed by atoms with Gasteiger partial charge >= 0.3 is 6.03 Å². The van der Waals surface area contributed by atoms with Crippen molar-refractivity contribution in [2.24, 2.45) is 10.7 Å². The van der Waals surface area contributed by atoms with Crippen molar-refractivity contribution in [2.75, 3.05) is 0 Å². The first-order chi connectivity index (χ1) is 8.59. The van der Waals surface area contributed by atoms with E-state index in [2.05, 4.69) is 10.4 Å². The molecular weight excluding hydrogens is 238 g/mol. The van der Waals surface area contributed by atoms with Crippen molar-refractivity contribution in [2.45, 2.75) is 0 Å². The van der Waals surface area contributed by atoms with Crippen molar-refractivity contribution >= 4 is 17.9 Å². The molecule has 18 heavy (non-hydrogen) atoms. The number of benzene rings is 1. The van der Waals surface area contributed by atoms with Gasteiger partial charge < -0.3 is 10.9 Å². The Morgan fingerprint density at radius 2 is 2.11 bits per heavy atom. The van der Waals surface area contributed by atoms with Crippen LogP contribution in [-0.2, 0) is 0 Å². The van der Waals surface area contributed by atoms with Crippen LogP contribution in [0.2, 0.25) is 0 Å². The Morgan fingerprint density at radius 1 is 1.44 bits per heavy atom. The molecule has 1 unspecified atom stereocenters. The molecule has 0 saturated heterocycles. The number of rotatable bonds is 5. The van der Waals surface area contributed by atoms with E-state index in [0.717, 1.165) is 12.4 Å². The van der Waals surface area contributed by atoms with Gasteiger partial charge in [-0.15, -0.1) is 0 Å². The molecule has 0 aromatic heterocycles. The minimum absolute atomic E-state index is 0.132. The Morgan fingerprint density at radius 3 is 2.67 bits per heavy atom. The van der Waals surface area contributed by atoms with Crippen LogP contribution in [0.15, 0.2) is 47.2 Å². The Bertz CT molecular complexity index is 444. The smallest absolute Gasteiger partial charge is 0.330 e. The summed E-state index contributed by atoms with van der Waals surface area (Å²) in [7, 11) is 0. The average molecular weight is 251 g/mol. The third-order valence-corrected chi connectivity index (χ3v) is 1.78. The summed E-state index contributed by atoms with van der Waals surface area (Å²) in [5.74, 6) is 0. The van der Waals surface area contributed by atoms with Crippen molar-refractivity contribution in [1.82, 2.24) is 10.9 Å². The van der Waals surface area contributed by atoms with Gasteiger partial charge in [0.25, 0.3) is 0 Å². The molecule has 0 radical (unpaired) electrons. The van der Waals surface area contributed by atoms with Gasteiger partial charge in [0, 0.05) is 0 Å². The number of nitrogens with one attached hydrogen (secondary N) is 3. The first-order valence-corrected chi connectivity index (χ1v) is 4.93. The first-order valence-electron chi connectivity index (χ1n) is 4.93. The van der Waals surface area contributed by atoms with Gasteiger partial charge in [-0.2, -0.15) is 5.23 Å². The molecule has 1 aromatic carbocycles. The van der Waals surface area contributed by atoms with Gasteiger partial charge in [0.15, 0.2) is 5.70 Å². The zero-order valence-corrected chi connectivity index (χ0v) is 9.33. The van der Waals surface area contributed by atoms with Crippen LogP contribution in [0.25, 0.3) is 0 Å². The fraction of sp³-hybridized carbons (Fsp3) is 0. The van der Waals surface area contributed by atoms with Gasteiger partial charge in [-0.3, -0.25) is 15.8 Å². The second-order valence-electron chi connectivity index (χ2n) is 3.13. The summed E-state index contributed by atoms with van der Waals surface area (Å²) >= 11 is 0. The number of primary amides is 1. The number of urea groups is 1. The van der Waals surface area contributed by atoms with E-state index in [-0.39, 0.29) is 5.70 Å². The minimum atomic E-state index is -1.19. The number of para-hydroxylation sites is 1. The number of allylic oxidation sites excluding steroid dienone is 1. The van der Waals surface area contributed by atoms with E-state index < -0.39 is 11.3 Å². The average Bonchev–Trinajstić information content (AvgIpc) is 2.34. The molecule has 8 nitrogen and oxygen atoms in total. The predicted molar refractivity (Wildman–Crippen MR) is 64.6 cm³/mol. The number of aliphatic imine (C=N–C) groups is 1. The minimum Gasteiger partial charge on any atom is -0.595 e. The van der Waals surface area contributed by atoms with E-state index in [4.69, 9.17) is 10.9 Å². The highest BCUT2D eigenvalue weighted by atomic mass is 16.8. The summed E-state index contributed by atoms with van der Waals surface area (Å²) in [6, 6.07) is 8.02. The van der Waals surface area contributed by atoms with Crippen molar-refractivity contribution in [3.63, 3.8) is 0 Å². The molecule has 0 saturated carbocycles. The number of hydrazine groups is 1. The number of quaternary nitrogens is 1. The number of carbonyl (C=O) groups excluding carboxylic acids is 1. The molecule has 0 bridgehead atoms. The monoisotopic (exact) mass is 251 g/mol. The number of nitrogens with zero attached hydrogens (tertiary/aromatic N) is 1. The quantitative estimate of drug-likeness (QED) is 0.346. The van der Waals surface area contributed by atoms with Gasteiger partial charge in [0.1, 0.15) is 0 Å². The summed E-state index contributed by atoms with van der Waals surface area (Å²) in [6.45, 7) is 0. The molecule has 0 heterocycles. The predicted octanol–water partition coefficient (Wildman–Crippen LogP) is -0.825. The fourth-order valence-corrected chi connectivity index (χ4v) is 0.997. The highest BCUT2D eigenvalue weighted by Crippen LogP contribution is 2.08. The van der Waals surface area contributed by atoms with Crippen LogP contribution in [0.1, 0.15) is 0 Å². The number of nitrogens with two attached hydrogens (primary N) is 1. The molecule has 1 atom stereocenters. The van der Waals surface area contributed by atoms with E-state index in [1.165, 1.54) is 0 Å². The number of hydrogen-bond acceptors (Lipinski definition) is 5. The number of carbonyl (C=O) groups is 1. The molecular formula is C10H13N5O3. The second-order valence-corrected chi connectivity index (χ2v) is 3.13. The summed E-state index contributed by atoms with van der Waals surface area (Å²) in [5.41, 5.74) is 9.54. The van der Waals surface area contributed by atoms with Crippen LogP contribution in [-0.4, -0.2) is 17.5 Å². The Hall–Kier alpha value is -2.42. The Labute approximate surface area is 103 Å². The van der Waals surface area contributed by atoms with Crippen molar-refractivity contribution in [1.29, 1.82) is 0 Å². The summed E-state index contributed by atoms with van der Waals surface area (Å²) in [4.78, 5) is 14.3. The topological polar surface area (TPSA) is 127 Å². The highest BCUT2D eigenvalue weighted by Gasteiger charge is 2.01. The number of hydrogen-bond donors (Lipinski definition) is 5. The van der Waals surface area contributed by atoms with Crippen molar-refractivity contribution < 1.29 is 15.2 Å². The lowest BCUT2D eigenvalue weighted by Gasteiger charge is -2.12. The molecule has 6 N–H and O–H groups in total. The highest BCUT2D eigenvalue weighted by molar-refractivity contribution is 5.78. The van der Waals surface area contributed by atoms with E-state index >= 15 is 0 Å². The third-order valence-electron chi connectivity index (χ3n) is 1.78. The third kappa shape index (κ3) is 5.07. The van der Waals surface area contributed by atoms with Gasteiger partial charge in [0.2, 0.25) is 0 Å². The van der Waals surface area contributed by atoms with E-state index in [0.29, 0.717) is 5.69 Å². The Kier molecular flexibility index (Phi) is 5.32. The van der Waals surface area contributed by atoms with Crippen LogP contribution < -0.4 is 21.8 Å².